The highest BCUT2D eigenvalue weighted by Gasteiger charge is 2.26. The Kier molecular flexibility index (Phi) is 6.28. The summed E-state index contributed by atoms with van der Waals surface area (Å²) < 4.78 is 5.12. The van der Waals surface area contributed by atoms with E-state index >= 15 is 0 Å². The molecule has 28 heavy (non-hydrogen) atoms. The molecule has 0 unspecified atom stereocenters. The SMILES string of the molecule is C[C@H](OC(=O)CNC(=O)c1ccc(N2CCCC2=O)cc1)C(=O)N1CCCC1. The van der Waals surface area contributed by atoms with Gasteiger partial charge >= 0.3 is 5.97 Å². The van der Waals surface area contributed by atoms with Gasteiger partial charge in [-0.3, -0.25) is 19.2 Å². The zero-order chi connectivity index (χ0) is 20.1. The third-order valence-electron chi connectivity index (χ3n) is 4.98. The number of carbonyl (C=O) groups excluding carboxylic acids is 4. The van der Waals surface area contributed by atoms with Crippen LogP contribution in [0.4, 0.5) is 5.69 Å². The number of esters is 1. The fraction of sp³-hybridized carbons (Fsp3) is 0.500. The molecule has 2 aliphatic heterocycles. The lowest BCUT2D eigenvalue weighted by atomic mass is 10.2. The van der Waals surface area contributed by atoms with Gasteiger partial charge in [-0.2, -0.15) is 0 Å². The molecule has 2 heterocycles. The van der Waals surface area contributed by atoms with Gasteiger partial charge in [0.05, 0.1) is 0 Å². The molecule has 0 aliphatic carbocycles. The summed E-state index contributed by atoms with van der Waals surface area (Å²) in [5, 5.41) is 2.49. The molecule has 1 aromatic rings. The van der Waals surface area contributed by atoms with Gasteiger partial charge in [0, 0.05) is 37.3 Å². The number of benzene rings is 1. The number of hydrogen-bond acceptors (Lipinski definition) is 5. The molecule has 3 amide bonds. The molecule has 0 bridgehead atoms. The minimum absolute atomic E-state index is 0.0811. The molecule has 8 heteroatoms. The van der Waals surface area contributed by atoms with Gasteiger partial charge in [0.15, 0.2) is 6.10 Å². The molecule has 1 atom stereocenters. The molecular formula is C20H25N3O5. The second kappa shape index (κ2) is 8.86. The largest absolute Gasteiger partial charge is 0.451 e. The van der Waals surface area contributed by atoms with E-state index in [0.29, 0.717) is 31.6 Å². The van der Waals surface area contributed by atoms with E-state index in [1.165, 1.54) is 0 Å². The number of nitrogens with one attached hydrogen (secondary N) is 1. The van der Waals surface area contributed by atoms with Gasteiger partial charge in [0.1, 0.15) is 6.54 Å². The van der Waals surface area contributed by atoms with E-state index in [0.717, 1.165) is 24.9 Å². The van der Waals surface area contributed by atoms with Crippen LogP contribution in [0.1, 0.15) is 43.0 Å². The summed E-state index contributed by atoms with van der Waals surface area (Å²) >= 11 is 0. The van der Waals surface area contributed by atoms with Gasteiger partial charge in [-0.1, -0.05) is 0 Å². The van der Waals surface area contributed by atoms with Crippen molar-refractivity contribution in [2.45, 2.75) is 38.7 Å². The zero-order valence-electron chi connectivity index (χ0n) is 16.0. The molecule has 8 nitrogen and oxygen atoms in total. The van der Waals surface area contributed by atoms with Crippen molar-refractivity contribution in [2.75, 3.05) is 31.1 Å². The molecule has 150 valence electrons. The Morgan fingerprint density at radius 1 is 1.07 bits per heavy atom. The van der Waals surface area contributed by atoms with E-state index < -0.39 is 18.0 Å². The Morgan fingerprint density at radius 2 is 1.75 bits per heavy atom. The fourth-order valence-electron chi connectivity index (χ4n) is 3.45. The maximum absolute atomic E-state index is 12.2. The number of ether oxygens (including phenoxy) is 1. The highest BCUT2D eigenvalue weighted by molar-refractivity contribution is 5.98. The van der Waals surface area contributed by atoms with Crippen LogP contribution in [-0.2, 0) is 19.1 Å². The summed E-state index contributed by atoms with van der Waals surface area (Å²) in [6.07, 6.45) is 2.45. The first-order valence-corrected chi connectivity index (χ1v) is 9.62. The number of hydrogen-bond donors (Lipinski definition) is 1. The van der Waals surface area contributed by atoms with E-state index in [1.807, 2.05) is 0 Å². The average molecular weight is 387 g/mol. The summed E-state index contributed by atoms with van der Waals surface area (Å²) in [6, 6.07) is 6.66. The van der Waals surface area contributed by atoms with Crippen LogP contribution >= 0.6 is 0 Å². The maximum Gasteiger partial charge on any atom is 0.326 e. The molecule has 2 aliphatic rings. The Labute approximate surface area is 163 Å². The van der Waals surface area contributed by atoms with Gasteiger partial charge in [0.25, 0.3) is 11.8 Å². The lowest BCUT2D eigenvalue weighted by Gasteiger charge is -2.20. The highest BCUT2D eigenvalue weighted by Crippen LogP contribution is 2.21. The summed E-state index contributed by atoms with van der Waals surface area (Å²) in [6.45, 7) is 3.29. The number of amides is 3. The van der Waals surface area contributed by atoms with Gasteiger partial charge in [-0.25, -0.2) is 0 Å². The Bertz CT molecular complexity index is 756. The molecule has 1 N–H and O–H groups in total. The molecule has 0 radical (unpaired) electrons. The molecule has 0 aromatic heterocycles. The summed E-state index contributed by atoms with van der Waals surface area (Å²) in [4.78, 5) is 51.4. The van der Waals surface area contributed by atoms with Gasteiger partial charge in [0.2, 0.25) is 5.91 Å². The fourth-order valence-corrected chi connectivity index (χ4v) is 3.45. The Hall–Kier alpha value is -2.90. The van der Waals surface area contributed by atoms with Crippen molar-refractivity contribution in [3.8, 4) is 0 Å². The summed E-state index contributed by atoms with van der Waals surface area (Å²) in [5.41, 5.74) is 1.14. The van der Waals surface area contributed by atoms with E-state index in [2.05, 4.69) is 5.32 Å². The van der Waals surface area contributed by atoms with Crippen molar-refractivity contribution in [1.29, 1.82) is 0 Å². The van der Waals surface area contributed by atoms with Gasteiger partial charge < -0.3 is 19.9 Å². The monoisotopic (exact) mass is 387 g/mol. The van der Waals surface area contributed by atoms with Gasteiger partial charge in [-0.15, -0.1) is 0 Å². The molecule has 2 saturated heterocycles. The Balaban J connectivity index is 1.46. The Morgan fingerprint density at radius 3 is 2.36 bits per heavy atom. The van der Waals surface area contributed by atoms with Crippen molar-refractivity contribution >= 4 is 29.4 Å². The standard InChI is InChI=1S/C20H25N3O5/c1-14(20(27)22-10-2-3-11-22)28-18(25)13-21-19(26)15-6-8-16(9-7-15)23-12-4-5-17(23)24/h6-9,14H,2-5,10-13H2,1H3,(H,21,26)/t14-/m0/s1. The minimum atomic E-state index is -0.861. The lowest BCUT2D eigenvalue weighted by molar-refractivity contribution is -0.157. The average Bonchev–Trinajstić information content (AvgIpc) is 3.37. The zero-order valence-corrected chi connectivity index (χ0v) is 16.0. The van der Waals surface area contributed by atoms with Crippen LogP contribution in [0.2, 0.25) is 0 Å². The van der Waals surface area contributed by atoms with E-state index in [-0.39, 0.29) is 18.4 Å². The van der Waals surface area contributed by atoms with E-state index in [9.17, 15) is 19.2 Å². The quantitative estimate of drug-likeness (QED) is 0.738. The topological polar surface area (TPSA) is 96.0 Å². The van der Waals surface area contributed by atoms with Crippen LogP contribution in [0.3, 0.4) is 0 Å². The van der Waals surface area contributed by atoms with Crippen LogP contribution in [0, 0.1) is 0 Å². The summed E-state index contributed by atoms with van der Waals surface area (Å²) in [7, 11) is 0. The predicted molar refractivity (Wildman–Crippen MR) is 102 cm³/mol. The number of anilines is 1. The van der Waals surface area contributed by atoms with Crippen LogP contribution in [0.5, 0.6) is 0 Å². The third kappa shape index (κ3) is 4.68. The number of carbonyl (C=O) groups is 4. The second-order valence-corrected chi connectivity index (χ2v) is 7.04. The molecule has 3 rings (SSSR count). The van der Waals surface area contributed by atoms with Crippen molar-refractivity contribution in [3.05, 3.63) is 29.8 Å². The van der Waals surface area contributed by atoms with Crippen molar-refractivity contribution in [1.82, 2.24) is 10.2 Å². The van der Waals surface area contributed by atoms with E-state index in [1.54, 1.807) is 41.0 Å². The lowest BCUT2D eigenvalue weighted by Crippen LogP contribution is -2.40. The first-order chi connectivity index (χ1) is 13.5. The van der Waals surface area contributed by atoms with E-state index in [4.69, 9.17) is 4.74 Å². The second-order valence-electron chi connectivity index (χ2n) is 7.04. The minimum Gasteiger partial charge on any atom is -0.451 e. The molecule has 0 spiro atoms. The van der Waals surface area contributed by atoms with Crippen LogP contribution in [0.25, 0.3) is 0 Å². The first-order valence-electron chi connectivity index (χ1n) is 9.62. The van der Waals surface area contributed by atoms with Crippen molar-refractivity contribution in [2.24, 2.45) is 0 Å². The van der Waals surface area contributed by atoms with Crippen molar-refractivity contribution in [3.63, 3.8) is 0 Å². The first kappa shape index (κ1) is 19.9. The highest BCUT2D eigenvalue weighted by atomic mass is 16.5. The van der Waals surface area contributed by atoms with Gasteiger partial charge in [-0.05, 0) is 50.5 Å². The van der Waals surface area contributed by atoms with Crippen LogP contribution < -0.4 is 10.2 Å². The number of rotatable bonds is 6. The maximum atomic E-state index is 12.2. The summed E-state index contributed by atoms with van der Waals surface area (Å²) in [5.74, 6) is -1.20. The van der Waals surface area contributed by atoms with Crippen molar-refractivity contribution < 1.29 is 23.9 Å². The number of likely N-dealkylation sites (tertiary alicyclic amines) is 1. The molecule has 0 saturated carbocycles. The molecule has 1 aromatic carbocycles. The predicted octanol–water partition coefficient (Wildman–Crippen LogP) is 1.10. The van der Waals surface area contributed by atoms with Crippen LogP contribution in [0.15, 0.2) is 24.3 Å². The normalized spacial score (nSPS) is 17.5. The molecular weight excluding hydrogens is 362 g/mol. The van der Waals surface area contributed by atoms with Crippen LogP contribution in [-0.4, -0.2) is 60.9 Å². The number of nitrogens with zero attached hydrogens (tertiary/aromatic N) is 2. The molecule has 2 fully saturated rings. The smallest absolute Gasteiger partial charge is 0.326 e. The third-order valence-corrected chi connectivity index (χ3v) is 4.98.